The van der Waals surface area contributed by atoms with Crippen molar-refractivity contribution in [2.24, 2.45) is 0 Å². The number of carbonyl (C=O) groups is 2. The topological polar surface area (TPSA) is 86.6 Å². The molecule has 0 saturated carbocycles. The van der Waals surface area contributed by atoms with Crippen LogP contribution in [0.2, 0.25) is 0 Å². The predicted molar refractivity (Wildman–Crippen MR) is 80.3 cm³/mol. The maximum absolute atomic E-state index is 11.6. The van der Waals surface area contributed by atoms with Crippen molar-refractivity contribution in [2.75, 3.05) is 6.61 Å². The molecule has 3 N–H and O–H groups in total. The zero-order valence-electron chi connectivity index (χ0n) is 11.8. The van der Waals surface area contributed by atoms with Crippen LogP contribution < -0.4 is 5.32 Å². The average molecular weight is 289 g/mol. The Morgan fingerprint density at radius 3 is 2.48 bits per heavy atom. The number of Topliss-reactive ketones (excluding diaryl/α,β-unsaturated/α-hetero) is 1. The first-order valence-corrected chi connectivity index (χ1v) is 6.56. The number of amides is 1. The summed E-state index contributed by atoms with van der Waals surface area (Å²) < 4.78 is 0. The lowest BCUT2D eigenvalue weighted by Crippen LogP contribution is -2.48. The van der Waals surface area contributed by atoms with Gasteiger partial charge in [0.05, 0.1) is 6.10 Å². The second kappa shape index (κ2) is 8.84. The summed E-state index contributed by atoms with van der Waals surface area (Å²) in [7, 11) is 0. The minimum absolute atomic E-state index is 0.514. The molecule has 0 bridgehead atoms. The van der Waals surface area contributed by atoms with Crippen molar-refractivity contribution in [3.63, 3.8) is 0 Å². The quantitative estimate of drug-likeness (QED) is 0.509. The van der Waals surface area contributed by atoms with Crippen LogP contribution in [0.4, 0.5) is 0 Å². The van der Waals surface area contributed by atoms with Crippen molar-refractivity contribution in [1.29, 1.82) is 0 Å². The molecule has 0 radical (unpaired) electrons. The molecule has 0 aliphatic heterocycles. The summed E-state index contributed by atoms with van der Waals surface area (Å²) in [4.78, 5) is 23.0. The molecular formula is C16H19NO4. The Hall–Kier alpha value is -2.24. The maximum atomic E-state index is 11.6. The van der Waals surface area contributed by atoms with Crippen LogP contribution in [0.15, 0.2) is 48.6 Å². The van der Waals surface area contributed by atoms with Crippen LogP contribution in [0.3, 0.4) is 0 Å². The second-order valence-electron chi connectivity index (χ2n) is 4.48. The fraction of sp³-hybridized carbons (Fsp3) is 0.250. The number of allylic oxidation sites excluding steroid dienone is 2. The van der Waals surface area contributed by atoms with Crippen LogP contribution in [0, 0.1) is 0 Å². The van der Waals surface area contributed by atoms with Crippen molar-refractivity contribution >= 4 is 17.8 Å². The van der Waals surface area contributed by atoms with Crippen molar-refractivity contribution in [2.45, 2.75) is 19.1 Å². The van der Waals surface area contributed by atoms with Crippen LogP contribution in [0.25, 0.3) is 6.08 Å². The third kappa shape index (κ3) is 6.16. The first-order valence-electron chi connectivity index (χ1n) is 6.56. The smallest absolute Gasteiger partial charge is 0.244 e. The van der Waals surface area contributed by atoms with Gasteiger partial charge in [0.25, 0.3) is 0 Å². The average Bonchev–Trinajstić information content (AvgIpc) is 2.49. The summed E-state index contributed by atoms with van der Waals surface area (Å²) in [5.74, 6) is -1.15. The lowest BCUT2D eigenvalue weighted by atomic mass is 10.1. The summed E-state index contributed by atoms with van der Waals surface area (Å²) in [5.41, 5.74) is 1.000. The Morgan fingerprint density at radius 2 is 1.90 bits per heavy atom. The predicted octanol–water partition coefficient (Wildman–Crippen LogP) is 0.683. The van der Waals surface area contributed by atoms with Gasteiger partial charge in [0.1, 0.15) is 12.6 Å². The van der Waals surface area contributed by atoms with E-state index in [1.807, 2.05) is 36.4 Å². The van der Waals surface area contributed by atoms with E-state index < -0.39 is 30.4 Å². The van der Waals surface area contributed by atoms with Crippen molar-refractivity contribution < 1.29 is 19.8 Å². The van der Waals surface area contributed by atoms with Gasteiger partial charge < -0.3 is 15.5 Å². The molecule has 2 atom stereocenters. The number of carbonyl (C=O) groups excluding carboxylic acids is 2. The molecule has 1 amide bonds. The molecular weight excluding hydrogens is 270 g/mol. The summed E-state index contributed by atoms with van der Waals surface area (Å²) in [6.07, 6.45) is 5.24. The van der Waals surface area contributed by atoms with E-state index in [1.165, 1.54) is 19.1 Å². The standard InChI is InChI=1S/C16H19NO4/c1-12(19)16(14(20)11-18)17-15(21)10-6-5-9-13-7-3-2-4-8-13/h2-10,12,16,18-19H,11H2,1H3,(H,17,21)/b9-5+,10-6+/t12-,16+/m1/s1. The minimum atomic E-state index is -1.11. The molecule has 0 aliphatic carbocycles. The molecule has 0 unspecified atom stereocenters. The van der Waals surface area contributed by atoms with Crippen LogP contribution in [-0.2, 0) is 9.59 Å². The number of hydrogen-bond acceptors (Lipinski definition) is 4. The lowest BCUT2D eigenvalue weighted by Gasteiger charge is -2.18. The highest BCUT2D eigenvalue weighted by atomic mass is 16.3. The monoisotopic (exact) mass is 289 g/mol. The van der Waals surface area contributed by atoms with Gasteiger partial charge in [-0.1, -0.05) is 48.6 Å². The fourth-order valence-corrected chi connectivity index (χ4v) is 1.64. The van der Waals surface area contributed by atoms with Crippen molar-refractivity contribution in [3.05, 3.63) is 54.1 Å². The Bertz CT molecular complexity index is 520. The van der Waals surface area contributed by atoms with E-state index in [2.05, 4.69) is 5.32 Å². The third-order valence-corrected chi connectivity index (χ3v) is 2.73. The van der Waals surface area contributed by atoms with Crippen molar-refractivity contribution in [3.8, 4) is 0 Å². The van der Waals surface area contributed by atoms with E-state index in [1.54, 1.807) is 6.08 Å². The summed E-state index contributed by atoms with van der Waals surface area (Å²) in [6, 6.07) is 8.47. The zero-order chi connectivity index (χ0) is 15.7. The van der Waals surface area contributed by atoms with Gasteiger partial charge in [-0.3, -0.25) is 9.59 Å². The number of aliphatic hydroxyl groups is 2. The molecule has 1 aromatic rings. The number of hydrogen-bond donors (Lipinski definition) is 3. The van der Waals surface area contributed by atoms with E-state index in [-0.39, 0.29) is 0 Å². The molecule has 112 valence electrons. The Labute approximate surface area is 123 Å². The van der Waals surface area contributed by atoms with E-state index in [0.29, 0.717) is 0 Å². The molecule has 0 aromatic heterocycles. The highest BCUT2D eigenvalue weighted by Gasteiger charge is 2.23. The number of rotatable bonds is 7. The largest absolute Gasteiger partial charge is 0.391 e. The van der Waals surface area contributed by atoms with Gasteiger partial charge >= 0.3 is 0 Å². The first-order chi connectivity index (χ1) is 10.0. The number of nitrogens with one attached hydrogen (secondary N) is 1. The van der Waals surface area contributed by atoms with Gasteiger partial charge in [-0.25, -0.2) is 0 Å². The summed E-state index contributed by atoms with van der Waals surface area (Å²) in [6.45, 7) is 0.644. The van der Waals surface area contributed by atoms with Crippen LogP contribution in [0.1, 0.15) is 12.5 Å². The highest BCUT2D eigenvalue weighted by Crippen LogP contribution is 2.01. The van der Waals surface area contributed by atoms with E-state index in [4.69, 9.17) is 5.11 Å². The zero-order valence-corrected chi connectivity index (χ0v) is 11.8. The van der Waals surface area contributed by atoms with E-state index in [9.17, 15) is 14.7 Å². The first kappa shape index (κ1) is 16.8. The molecule has 5 nitrogen and oxygen atoms in total. The SMILES string of the molecule is C[C@@H](O)[C@H](NC(=O)/C=C/C=C/c1ccccc1)C(=O)CO. The summed E-state index contributed by atoms with van der Waals surface area (Å²) in [5, 5.41) is 20.5. The normalized spacial score (nSPS) is 14.2. The van der Waals surface area contributed by atoms with Gasteiger partial charge in [-0.2, -0.15) is 0 Å². The number of benzene rings is 1. The van der Waals surface area contributed by atoms with Crippen LogP contribution in [-0.4, -0.2) is 40.7 Å². The maximum Gasteiger partial charge on any atom is 0.244 e. The van der Waals surface area contributed by atoms with Gasteiger partial charge in [0, 0.05) is 6.08 Å². The molecule has 0 saturated heterocycles. The lowest BCUT2D eigenvalue weighted by molar-refractivity contribution is -0.130. The molecule has 1 rings (SSSR count). The number of ketones is 1. The third-order valence-electron chi connectivity index (χ3n) is 2.73. The Morgan fingerprint density at radius 1 is 1.24 bits per heavy atom. The molecule has 0 fully saturated rings. The number of aliphatic hydroxyl groups excluding tert-OH is 2. The highest BCUT2D eigenvalue weighted by molar-refractivity contribution is 5.94. The second-order valence-corrected chi connectivity index (χ2v) is 4.48. The Kier molecular flexibility index (Phi) is 7.08. The molecule has 1 aromatic carbocycles. The van der Waals surface area contributed by atoms with Gasteiger partial charge in [-0.15, -0.1) is 0 Å². The fourth-order valence-electron chi connectivity index (χ4n) is 1.64. The molecule has 5 heteroatoms. The molecule has 0 heterocycles. The molecule has 0 spiro atoms. The molecule has 0 aliphatic rings. The minimum Gasteiger partial charge on any atom is -0.391 e. The van der Waals surface area contributed by atoms with Crippen LogP contribution in [0.5, 0.6) is 0 Å². The van der Waals surface area contributed by atoms with E-state index in [0.717, 1.165) is 5.56 Å². The summed E-state index contributed by atoms with van der Waals surface area (Å²) >= 11 is 0. The van der Waals surface area contributed by atoms with Gasteiger partial charge in [0.15, 0.2) is 5.78 Å². The molecule has 21 heavy (non-hydrogen) atoms. The Balaban J connectivity index is 2.54. The van der Waals surface area contributed by atoms with Crippen LogP contribution >= 0.6 is 0 Å². The van der Waals surface area contributed by atoms with E-state index >= 15 is 0 Å². The van der Waals surface area contributed by atoms with Gasteiger partial charge in [-0.05, 0) is 12.5 Å². The van der Waals surface area contributed by atoms with Crippen molar-refractivity contribution in [1.82, 2.24) is 5.32 Å². The van der Waals surface area contributed by atoms with Gasteiger partial charge in [0.2, 0.25) is 5.91 Å².